The number of nitrogens with one attached hydrogen (secondary N) is 8. The zero-order chi connectivity index (χ0) is 68.8. The third kappa shape index (κ3) is 27.5. The number of hydrogen-bond donors (Lipinski definition) is 18. The minimum Gasteiger partial charge on any atom is -0.394 e. The number of aliphatic hydroxyl groups is 9. The molecule has 0 bridgehead atoms. The number of thiol groups is 1. The monoisotopic (exact) mass is 1380 g/mol. The summed E-state index contributed by atoms with van der Waals surface area (Å²) in [6, 6.07) is -5.78. The summed E-state index contributed by atoms with van der Waals surface area (Å²) in [5, 5.41) is 113. The van der Waals surface area contributed by atoms with E-state index in [-0.39, 0.29) is 104 Å². The Hall–Kier alpha value is -3.93. The molecule has 35 nitrogen and oxygen atoms in total. The molecule has 0 aromatic carbocycles. The quantitative estimate of drug-likeness (QED) is 0.0153. The van der Waals surface area contributed by atoms with Gasteiger partial charge in [-0.05, 0) is 45.1 Å². The predicted octanol–water partition coefficient (Wildman–Crippen LogP) is -6.62. The molecule has 0 aromatic heterocycles. The largest absolute Gasteiger partial charge is 0.394 e. The van der Waals surface area contributed by atoms with Crippen molar-refractivity contribution in [1.82, 2.24) is 42.5 Å². The van der Waals surface area contributed by atoms with Crippen LogP contribution in [0.5, 0.6) is 0 Å². The number of ether oxygens (including phenoxy) is 9. The molecule has 538 valence electrons. The maximum atomic E-state index is 13.9. The van der Waals surface area contributed by atoms with Gasteiger partial charge in [-0.25, -0.2) is 0 Å². The van der Waals surface area contributed by atoms with Gasteiger partial charge < -0.3 is 136 Å². The van der Waals surface area contributed by atoms with Gasteiger partial charge in [0.2, 0.25) is 41.4 Å². The van der Waals surface area contributed by atoms with E-state index in [1.54, 1.807) is 20.8 Å². The highest BCUT2D eigenvalue weighted by Gasteiger charge is 2.48. The molecule has 3 saturated heterocycles. The molecule has 1 aliphatic carbocycles. The van der Waals surface area contributed by atoms with Crippen LogP contribution in [0.1, 0.15) is 86.0 Å². The molecule has 17 N–H and O–H groups in total. The zero-order valence-electron chi connectivity index (χ0n) is 53.3. The lowest BCUT2D eigenvalue weighted by atomic mass is 9.86. The van der Waals surface area contributed by atoms with Gasteiger partial charge in [0.25, 0.3) is 6.57 Å². The van der Waals surface area contributed by atoms with Gasteiger partial charge in [-0.3, -0.25) is 38.1 Å². The summed E-state index contributed by atoms with van der Waals surface area (Å²) >= 11 is 4.24. The van der Waals surface area contributed by atoms with Gasteiger partial charge in [0, 0.05) is 57.9 Å². The number of amides is 7. The van der Waals surface area contributed by atoms with Crippen molar-refractivity contribution in [2.45, 2.75) is 202 Å². The highest BCUT2D eigenvalue weighted by atomic mass is 32.7. The molecule has 3 aliphatic heterocycles. The first-order valence-corrected chi connectivity index (χ1v) is 34.3. The molecule has 0 aromatic rings. The molecular formula is C56H101N8O27PS. The molecule has 0 radical (unpaired) electrons. The molecule has 93 heavy (non-hydrogen) atoms. The van der Waals surface area contributed by atoms with E-state index in [0.29, 0.717) is 32.2 Å². The van der Waals surface area contributed by atoms with Crippen LogP contribution in [0.3, 0.4) is 0 Å². The van der Waals surface area contributed by atoms with E-state index >= 15 is 0 Å². The third-order valence-electron chi connectivity index (χ3n) is 15.6. The molecule has 3 heterocycles. The number of aliphatic hydroxyl groups excluding tert-OH is 9. The van der Waals surface area contributed by atoms with Crippen molar-refractivity contribution < 1.29 is 131 Å². The number of carbonyl (C=O) groups excluding carboxylic acids is 7. The van der Waals surface area contributed by atoms with E-state index < -0.39 is 190 Å². The summed E-state index contributed by atoms with van der Waals surface area (Å²) in [5.41, 5.74) is -0.337. The maximum absolute atomic E-state index is 13.9. The first-order chi connectivity index (χ1) is 44.3. The van der Waals surface area contributed by atoms with Gasteiger partial charge in [-0.1, -0.05) is 33.0 Å². The van der Waals surface area contributed by atoms with Crippen LogP contribution < -0.4 is 42.5 Å². The van der Waals surface area contributed by atoms with Crippen LogP contribution in [-0.4, -0.2) is 309 Å². The average molecular weight is 1380 g/mol. The molecule has 18 unspecified atom stereocenters. The van der Waals surface area contributed by atoms with Gasteiger partial charge >= 0.3 is 0 Å². The van der Waals surface area contributed by atoms with E-state index in [1.165, 1.54) is 13.8 Å². The fraction of sp³-hybridized carbons (Fsp3) is 0.875. The molecule has 37 heteroatoms. The van der Waals surface area contributed by atoms with Crippen LogP contribution >= 0.6 is 18.8 Å². The molecular weight excluding hydrogens is 1280 g/mol. The Morgan fingerprint density at radius 1 is 0.527 bits per heavy atom. The molecule has 4 rings (SSSR count). The lowest BCUT2D eigenvalue weighted by Crippen LogP contribution is -2.64. The average Bonchev–Trinajstić information content (AvgIpc) is 2.57. The second-order valence-electron chi connectivity index (χ2n) is 23.0. The number of rotatable bonds is 42. The van der Waals surface area contributed by atoms with Gasteiger partial charge in [0.15, 0.2) is 18.9 Å². The van der Waals surface area contributed by atoms with Gasteiger partial charge in [0.05, 0.1) is 91.4 Å². The van der Waals surface area contributed by atoms with Crippen molar-refractivity contribution in [3.63, 3.8) is 0 Å². The van der Waals surface area contributed by atoms with Crippen molar-refractivity contribution in [2.75, 3.05) is 105 Å². The maximum Gasteiger partial charge on any atom is 0.257 e. The van der Waals surface area contributed by atoms with E-state index in [0.717, 1.165) is 0 Å². The summed E-state index contributed by atoms with van der Waals surface area (Å²) in [7, 11) is 0. The molecule has 1 saturated carbocycles. The van der Waals surface area contributed by atoms with Crippen LogP contribution in [0.25, 0.3) is 0 Å². The smallest absolute Gasteiger partial charge is 0.257 e. The molecule has 7 amide bonds. The summed E-state index contributed by atoms with van der Waals surface area (Å²) in [6.07, 6.45) is -16.0. The van der Waals surface area contributed by atoms with Gasteiger partial charge in [0.1, 0.15) is 79.1 Å². The highest BCUT2D eigenvalue weighted by Crippen LogP contribution is 2.58. The van der Waals surface area contributed by atoms with Crippen LogP contribution in [0, 0.1) is 5.92 Å². The first-order valence-electron chi connectivity index (χ1n) is 31.4. The SMILES string of the molecule is CCNC1C(OCCOCCNC(=O)C(CCC(=O)NCCOCCOC2OC(CO)C(O)C(O)C2NC(C)=O)NC(=O)CCC(NC(=O)C2CCC(OP(=O)(S)C(C)C)CC2)C(=O)NCCOCCOC2OC(CO)C(O)C(O)C2NC(C)=O)OC(CO)C(O)C1O. The zero-order valence-corrected chi connectivity index (χ0v) is 55.1. The topological polar surface area (TPSA) is 507 Å². The van der Waals surface area contributed by atoms with Gasteiger partial charge in [-0.2, -0.15) is 0 Å². The fourth-order valence-corrected chi connectivity index (χ4v) is 11.7. The molecule has 4 aliphatic rings. The van der Waals surface area contributed by atoms with Crippen molar-refractivity contribution in [1.29, 1.82) is 0 Å². The van der Waals surface area contributed by atoms with Gasteiger partial charge in [-0.15, -0.1) is 0 Å². The van der Waals surface area contributed by atoms with E-state index in [4.69, 9.17) is 47.2 Å². The summed E-state index contributed by atoms with van der Waals surface area (Å²) < 4.78 is 69.3. The Morgan fingerprint density at radius 3 is 1.31 bits per heavy atom. The number of hydrogen-bond acceptors (Lipinski definition) is 28. The molecule has 0 spiro atoms. The summed E-state index contributed by atoms with van der Waals surface area (Å²) in [5.74, 6) is -4.80. The van der Waals surface area contributed by atoms with Crippen LogP contribution in [0.4, 0.5) is 0 Å². The predicted molar refractivity (Wildman–Crippen MR) is 326 cm³/mol. The van der Waals surface area contributed by atoms with Crippen molar-refractivity contribution in [3.8, 4) is 0 Å². The molecule has 4 fully saturated rings. The minimum atomic E-state index is -3.21. The third-order valence-corrected chi connectivity index (χ3v) is 19.2. The highest BCUT2D eigenvalue weighted by molar-refractivity contribution is 8.46. The number of likely N-dealkylation sites (N-methyl/N-ethyl adjacent to an activating group) is 1. The second-order valence-corrected chi connectivity index (χ2v) is 27.1. The first kappa shape index (κ1) is 81.5. The van der Waals surface area contributed by atoms with E-state index in [2.05, 4.69) is 54.8 Å². The van der Waals surface area contributed by atoms with E-state index in [1.807, 2.05) is 0 Å². The lowest BCUT2D eigenvalue weighted by Gasteiger charge is -2.42. The van der Waals surface area contributed by atoms with E-state index in [9.17, 15) is 84.1 Å². The van der Waals surface area contributed by atoms with Crippen molar-refractivity contribution in [3.05, 3.63) is 0 Å². The van der Waals surface area contributed by atoms with Crippen LogP contribution in [-0.2, 0) is 85.3 Å². The molecule has 18 atom stereocenters. The van der Waals surface area contributed by atoms with Crippen molar-refractivity contribution >= 4 is 60.2 Å². The standard InChI is InChI=1S/C56H101N8O27PS/c1-6-57-42-48(75)45(72)37(27-65)88-54(42)85-24-21-83-19-16-59-52(79)35(11-13-40(70)58-15-18-82-22-25-86-55-43(61-31(4)68)49(76)46(73)38(28-66)89-55)63-41(71)14-12-36(64-51(78)33-7-9-34(10-8-33)91-92(81,93)30(2)3)53(80)60-17-20-84-23-26-87-56-44(62-32(5)69)50(77)47(74)39(29-67)90-56/h30,33-39,42-50,54-57,65-67,72-77H,6-29H2,1-5H3,(H,58,70)(H,59,79)(H,60,80)(H,61,68)(H,62,69)(H,63,71)(H,64,78)(H,81,93). The fourth-order valence-electron chi connectivity index (χ4n) is 10.4. The normalized spacial score (nSPS) is 30.3. The summed E-state index contributed by atoms with van der Waals surface area (Å²) in [6.45, 7) is 2.12. The minimum absolute atomic E-state index is 0.00887. The summed E-state index contributed by atoms with van der Waals surface area (Å²) in [4.78, 5) is 92.0. The van der Waals surface area contributed by atoms with Crippen molar-refractivity contribution in [2.24, 2.45) is 5.92 Å². The van der Waals surface area contributed by atoms with Crippen LogP contribution in [0.2, 0.25) is 0 Å². The Morgan fingerprint density at radius 2 is 0.914 bits per heavy atom. The Balaban J connectivity index is 1.36. The van der Waals surface area contributed by atoms with Crippen LogP contribution in [0.15, 0.2) is 0 Å². The second kappa shape index (κ2) is 42.7. The number of carbonyl (C=O) groups is 7. The Bertz CT molecular complexity index is 2320. The Kier molecular flexibility index (Phi) is 37.4. The lowest BCUT2D eigenvalue weighted by molar-refractivity contribution is -0.272. The Labute approximate surface area is 545 Å².